The van der Waals surface area contributed by atoms with Gasteiger partial charge in [0.1, 0.15) is 23.7 Å². The largest absolute Gasteiger partial charge is 0.469 e. The Kier molecular flexibility index (Phi) is 6.26. The second-order valence-corrected chi connectivity index (χ2v) is 7.69. The topological polar surface area (TPSA) is 71.4 Å². The number of hydrogen-bond acceptors (Lipinski definition) is 6. The van der Waals surface area contributed by atoms with E-state index in [9.17, 15) is 22.8 Å². The summed E-state index contributed by atoms with van der Waals surface area (Å²) in [6, 6.07) is 10.3. The highest BCUT2D eigenvalue weighted by molar-refractivity contribution is 6.03. The SMILES string of the molecule is COC(=O)CC(=O)N1CCCN(C2=Nc3ccc(C(F)(F)F)cc3Oc3ccccc32)CC1. The van der Waals surface area contributed by atoms with Gasteiger partial charge in [-0.1, -0.05) is 12.1 Å². The number of halogens is 3. The molecule has 2 aliphatic heterocycles. The number of esters is 1. The van der Waals surface area contributed by atoms with Crippen molar-refractivity contribution in [1.82, 2.24) is 9.80 Å². The third-order valence-corrected chi connectivity index (χ3v) is 5.53. The average molecular weight is 461 g/mol. The van der Waals surface area contributed by atoms with E-state index in [0.717, 1.165) is 12.1 Å². The van der Waals surface area contributed by atoms with Crippen molar-refractivity contribution < 1.29 is 32.2 Å². The van der Waals surface area contributed by atoms with Crippen LogP contribution in [0.15, 0.2) is 47.5 Å². The zero-order chi connectivity index (χ0) is 23.6. The van der Waals surface area contributed by atoms with Crippen molar-refractivity contribution in [3.05, 3.63) is 53.6 Å². The Labute approximate surface area is 188 Å². The molecule has 1 fully saturated rings. The number of alkyl halides is 3. The maximum atomic E-state index is 13.2. The van der Waals surface area contributed by atoms with Crippen LogP contribution in [-0.4, -0.2) is 60.8 Å². The van der Waals surface area contributed by atoms with Crippen molar-refractivity contribution >= 4 is 23.4 Å². The van der Waals surface area contributed by atoms with E-state index < -0.39 is 17.7 Å². The molecule has 2 aliphatic rings. The highest BCUT2D eigenvalue weighted by Gasteiger charge is 2.33. The van der Waals surface area contributed by atoms with Gasteiger partial charge in [0.15, 0.2) is 5.75 Å². The highest BCUT2D eigenvalue weighted by Crippen LogP contribution is 2.41. The summed E-state index contributed by atoms with van der Waals surface area (Å²) in [5, 5.41) is 0. The minimum atomic E-state index is -4.50. The number of fused-ring (bicyclic) bond motifs is 2. The van der Waals surface area contributed by atoms with Crippen LogP contribution in [0.25, 0.3) is 0 Å². The fourth-order valence-corrected chi connectivity index (χ4v) is 3.82. The number of ether oxygens (including phenoxy) is 2. The molecule has 174 valence electrons. The molecule has 2 heterocycles. The molecule has 2 aromatic rings. The van der Waals surface area contributed by atoms with Crippen LogP contribution < -0.4 is 4.74 Å². The van der Waals surface area contributed by atoms with Crippen LogP contribution in [0.3, 0.4) is 0 Å². The van der Waals surface area contributed by atoms with Gasteiger partial charge < -0.3 is 19.3 Å². The Balaban J connectivity index is 1.64. The van der Waals surface area contributed by atoms with Crippen molar-refractivity contribution in [1.29, 1.82) is 0 Å². The summed E-state index contributed by atoms with van der Waals surface area (Å²) < 4.78 is 50.1. The van der Waals surface area contributed by atoms with Gasteiger partial charge in [-0.3, -0.25) is 9.59 Å². The van der Waals surface area contributed by atoms with E-state index in [1.807, 2.05) is 4.90 Å². The van der Waals surface area contributed by atoms with Gasteiger partial charge in [-0.15, -0.1) is 0 Å². The van der Waals surface area contributed by atoms with E-state index in [1.165, 1.54) is 13.2 Å². The number of hydrogen-bond donors (Lipinski definition) is 0. The van der Waals surface area contributed by atoms with Gasteiger partial charge in [0.25, 0.3) is 0 Å². The van der Waals surface area contributed by atoms with Gasteiger partial charge in [-0.05, 0) is 36.8 Å². The first-order valence-corrected chi connectivity index (χ1v) is 10.4. The quantitative estimate of drug-likeness (QED) is 0.500. The predicted molar refractivity (Wildman–Crippen MR) is 114 cm³/mol. The fraction of sp³-hybridized carbons (Fsp3) is 0.348. The van der Waals surface area contributed by atoms with Crippen LogP contribution in [0.5, 0.6) is 11.5 Å². The number of carbonyl (C=O) groups is 2. The van der Waals surface area contributed by atoms with E-state index in [4.69, 9.17) is 4.74 Å². The van der Waals surface area contributed by atoms with Gasteiger partial charge in [0, 0.05) is 26.2 Å². The summed E-state index contributed by atoms with van der Waals surface area (Å²) in [7, 11) is 1.24. The Hall–Kier alpha value is -3.56. The molecule has 1 saturated heterocycles. The molecular weight excluding hydrogens is 439 g/mol. The molecule has 0 aliphatic carbocycles. The van der Waals surface area contributed by atoms with E-state index in [-0.39, 0.29) is 23.8 Å². The van der Waals surface area contributed by atoms with Gasteiger partial charge in [0.2, 0.25) is 5.91 Å². The molecule has 0 bridgehead atoms. The van der Waals surface area contributed by atoms with Crippen molar-refractivity contribution in [3.8, 4) is 11.5 Å². The van der Waals surface area contributed by atoms with Gasteiger partial charge in [-0.25, -0.2) is 4.99 Å². The number of amidine groups is 1. The Morgan fingerprint density at radius 2 is 1.85 bits per heavy atom. The fourth-order valence-electron chi connectivity index (χ4n) is 3.82. The lowest BCUT2D eigenvalue weighted by Gasteiger charge is -2.25. The summed E-state index contributed by atoms with van der Waals surface area (Å²) in [5.41, 5.74) is 0.126. The van der Waals surface area contributed by atoms with Crippen LogP contribution in [0.1, 0.15) is 24.0 Å². The second-order valence-electron chi connectivity index (χ2n) is 7.69. The molecule has 0 unspecified atom stereocenters. The predicted octanol–water partition coefficient (Wildman–Crippen LogP) is 3.99. The molecule has 0 N–H and O–H groups in total. The summed E-state index contributed by atoms with van der Waals surface area (Å²) >= 11 is 0. The first-order valence-electron chi connectivity index (χ1n) is 10.4. The smallest absolute Gasteiger partial charge is 0.416 e. The summed E-state index contributed by atoms with van der Waals surface area (Å²) in [4.78, 5) is 32.1. The van der Waals surface area contributed by atoms with Gasteiger partial charge in [-0.2, -0.15) is 13.2 Å². The zero-order valence-corrected chi connectivity index (χ0v) is 17.9. The Morgan fingerprint density at radius 3 is 2.61 bits per heavy atom. The Morgan fingerprint density at radius 1 is 1.06 bits per heavy atom. The summed E-state index contributed by atoms with van der Waals surface area (Å²) in [6.07, 6.45) is -4.18. The lowest BCUT2D eigenvalue weighted by atomic mass is 10.1. The van der Waals surface area contributed by atoms with Crippen molar-refractivity contribution in [2.45, 2.75) is 19.0 Å². The number of carbonyl (C=O) groups excluding carboxylic acids is 2. The molecule has 0 atom stereocenters. The molecular formula is C23H22F3N3O4. The number of nitrogens with zero attached hydrogens (tertiary/aromatic N) is 3. The van der Waals surface area contributed by atoms with Crippen molar-refractivity contribution in [3.63, 3.8) is 0 Å². The molecule has 0 spiro atoms. The molecule has 2 aromatic carbocycles. The molecule has 0 saturated carbocycles. The van der Waals surface area contributed by atoms with Crippen LogP contribution in [-0.2, 0) is 20.5 Å². The lowest BCUT2D eigenvalue weighted by molar-refractivity contribution is -0.146. The van der Waals surface area contributed by atoms with Gasteiger partial charge >= 0.3 is 12.1 Å². The number of methoxy groups -OCH3 is 1. The molecule has 33 heavy (non-hydrogen) atoms. The lowest BCUT2D eigenvalue weighted by Crippen LogP contribution is -2.38. The number of para-hydroxylation sites is 1. The highest BCUT2D eigenvalue weighted by atomic mass is 19.4. The molecule has 0 aromatic heterocycles. The molecule has 4 rings (SSSR count). The zero-order valence-electron chi connectivity index (χ0n) is 17.9. The number of aliphatic imine (C=N–C) groups is 1. The van der Waals surface area contributed by atoms with Crippen LogP contribution in [0.2, 0.25) is 0 Å². The summed E-state index contributed by atoms with van der Waals surface area (Å²) in [6.45, 7) is 1.86. The number of amides is 1. The molecule has 10 heteroatoms. The van der Waals surface area contributed by atoms with E-state index in [2.05, 4.69) is 9.73 Å². The molecule has 1 amide bonds. The third kappa shape index (κ3) is 4.94. The first-order chi connectivity index (χ1) is 15.8. The molecule has 0 radical (unpaired) electrons. The van der Waals surface area contributed by atoms with Crippen LogP contribution in [0, 0.1) is 0 Å². The standard InChI is InChI=1S/C23H22F3N3O4/c1-32-21(31)14-20(30)28-9-4-10-29(12-11-28)22-16-5-2-3-6-18(16)33-19-13-15(23(24,25)26)7-8-17(19)27-22/h2-3,5-8,13H,4,9-12,14H2,1H3. The number of benzene rings is 2. The second kappa shape index (κ2) is 9.13. The average Bonchev–Trinajstić information content (AvgIpc) is 3.12. The van der Waals surface area contributed by atoms with Crippen LogP contribution in [0.4, 0.5) is 18.9 Å². The number of rotatable bonds is 2. The van der Waals surface area contributed by atoms with Crippen molar-refractivity contribution in [2.75, 3.05) is 33.3 Å². The normalized spacial score (nSPS) is 15.9. The first kappa shape index (κ1) is 22.6. The van der Waals surface area contributed by atoms with Gasteiger partial charge in [0.05, 0.1) is 18.2 Å². The minimum absolute atomic E-state index is 0.0250. The van der Waals surface area contributed by atoms with E-state index in [0.29, 0.717) is 49.7 Å². The maximum absolute atomic E-state index is 13.2. The Bertz CT molecular complexity index is 1100. The molecule has 7 nitrogen and oxygen atoms in total. The minimum Gasteiger partial charge on any atom is -0.469 e. The van der Waals surface area contributed by atoms with Crippen LogP contribution >= 0.6 is 0 Å². The van der Waals surface area contributed by atoms with Crippen molar-refractivity contribution in [2.24, 2.45) is 4.99 Å². The third-order valence-electron chi connectivity index (χ3n) is 5.53. The monoisotopic (exact) mass is 461 g/mol. The maximum Gasteiger partial charge on any atom is 0.416 e. The van der Waals surface area contributed by atoms with E-state index >= 15 is 0 Å². The van der Waals surface area contributed by atoms with E-state index in [1.54, 1.807) is 29.2 Å². The summed E-state index contributed by atoms with van der Waals surface area (Å²) in [5.74, 6) is 0.0935.